The lowest BCUT2D eigenvalue weighted by Gasteiger charge is -2.14. The number of hydrogen-bond acceptors (Lipinski definition) is 4. The van der Waals surface area contributed by atoms with Gasteiger partial charge < -0.3 is 19.4 Å². The van der Waals surface area contributed by atoms with E-state index in [0.29, 0.717) is 29.5 Å². The molecular formula is C21H28N2O4. The maximum absolute atomic E-state index is 12.7. The molecule has 0 saturated heterocycles. The molecule has 1 N–H and O–H groups in total. The number of aryl methyl sites for hydroxylation is 2. The number of hydrogen-bond donors (Lipinski definition) is 1. The van der Waals surface area contributed by atoms with Crippen molar-refractivity contribution < 1.29 is 14.3 Å². The molecule has 1 heterocycles. The molecule has 0 bridgehead atoms. The summed E-state index contributed by atoms with van der Waals surface area (Å²) >= 11 is 0. The highest BCUT2D eigenvalue weighted by Gasteiger charge is 2.16. The molecule has 0 fully saturated rings. The van der Waals surface area contributed by atoms with E-state index in [-0.39, 0.29) is 23.6 Å². The van der Waals surface area contributed by atoms with Crippen molar-refractivity contribution in [2.75, 3.05) is 14.2 Å². The summed E-state index contributed by atoms with van der Waals surface area (Å²) in [5, 5.41) is 2.83. The van der Waals surface area contributed by atoms with Gasteiger partial charge in [-0.3, -0.25) is 9.59 Å². The average molecular weight is 372 g/mol. The normalized spacial score (nSPS) is 10.7. The minimum atomic E-state index is -0.388. The van der Waals surface area contributed by atoms with Gasteiger partial charge in [0.25, 0.3) is 11.5 Å². The Labute approximate surface area is 160 Å². The van der Waals surface area contributed by atoms with E-state index in [1.54, 1.807) is 50.1 Å². The quantitative estimate of drug-likeness (QED) is 0.773. The lowest BCUT2D eigenvalue weighted by Crippen LogP contribution is -2.34. The molecule has 27 heavy (non-hydrogen) atoms. The summed E-state index contributed by atoms with van der Waals surface area (Å²) in [4.78, 5) is 25.4. The Kier molecular flexibility index (Phi) is 7.05. The summed E-state index contributed by atoms with van der Waals surface area (Å²) in [6.07, 6.45) is 2.63. The van der Waals surface area contributed by atoms with Gasteiger partial charge in [0.1, 0.15) is 17.1 Å². The SMILES string of the molecule is COc1ccc(OC)c(CNC(=O)c2c(C)ccn(CCC(C)C)c2=O)c1. The van der Waals surface area contributed by atoms with Gasteiger partial charge in [-0.15, -0.1) is 0 Å². The summed E-state index contributed by atoms with van der Waals surface area (Å²) in [5.74, 6) is 1.42. The second-order valence-electron chi connectivity index (χ2n) is 6.92. The van der Waals surface area contributed by atoms with Gasteiger partial charge >= 0.3 is 0 Å². The van der Waals surface area contributed by atoms with Crippen molar-refractivity contribution in [2.24, 2.45) is 5.92 Å². The first-order valence-electron chi connectivity index (χ1n) is 9.06. The molecule has 0 radical (unpaired) electrons. The van der Waals surface area contributed by atoms with Gasteiger partial charge in [0.05, 0.1) is 14.2 Å². The lowest BCUT2D eigenvalue weighted by atomic mass is 10.1. The molecule has 146 valence electrons. The molecule has 1 aromatic carbocycles. The van der Waals surface area contributed by atoms with Crippen LogP contribution in [0.5, 0.6) is 11.5 Å². The van der Waals surface area contributed by atoms with E-state index in [2.05, 4.69) is 19.2 Å². The summed E-state index contributed by atoms with van der Waals surface area (Å²) in [7, 11) is 3.15. The summed E-state index contributed by atoms with van der Waals surface area (Å²) in [6, 6.07) is 7.19. The van der Waals surface area contributed by atoms with Gasteiger partial charge in [0.15, 0.2) is 0 Å². The Morgan fingerprint density at radius 1 is 1.19 bits per heavy atom. The Morgan fingerprint density at radius 3 is 2.56 bits per heavy atom. The van der Waals surface area contributed by atoms with Crippen LogP contribution in [0.2, 0.25) is 0 Å². The highest BCUT2D eigenvalue weighted by atomic mass is 16.5. The monoisotopic (exact) mass is 372 g/mol. The first-order valence-corrected chi connectivity index (χ1v) is 9.06. The maximum Gasteiger partial charge on any atom is 0.263 e. The highest BCUT2D eigenvalue weighted by Crippen LogP contribution is 2.23. The van der Waals surface area contributed by atoms with E-state index in [4.69, 9.17) is 9.47 Å². The van der Waals surface area contributed by atoms with Crippen molar-refractivity contribution in [3.05, 3.63) is 57.5 Å². The molecule has 0 saturated carbocycles. The molecule has 2 aromatic rings. The van der Waals surface area contributed by atoms with Crippen LogP contribution in [-0.4, -0.2) is 24.7 Å². The van der Waals surface area contributed by atoms with Crippen molar-refractivity contribution in [3.63, 3.8) is 0 Å². The second kappa shape index (κ2) is 9.26. The molecule has 0 aliphatic heterocycles. The number of aromatic nitrogens is 1. The second-order valence-corrected chi connectivity index (χ2v) is 6.92. The van der Waals surface area contributed by atoms with Gasteiger partial charge in [-0.1, -0.05) is 13.8 Å². The van der Waals surface area contributed by atoms with Crippen LogP contribution >= 0.6 is 0 Å². The number of methoxy groups -OCH3 is 2. The fourth-order valence-corrected chi connectivity index (χ4v) is 2.80. The lowest BCUT2D eigenvalue weighted by molar-refractivity contribution is 0.0948. The summed E-state index contributed by atoms with van der Waals surface area (Å²) in [5.41, 5.74) is 1.36. The Bertz CT molecular complexity index is 856. The molecule has 0 spiro atoms. The molecular weight excluding hydrogens is 344 g/mol. The van der Waals surface area contributed by atoms with Gasteiger partial charge in [-0.2, -0.15) is 0 Å². The average Bonchev–Trinajstić information content (AvgIpc) is 2.65. The largest absolute Gasteiger partial charge is 0.497 e. The van der Waals surface area contributed by atoms with E-state index in [0.717, 1.165) is 12.0 Å². The third kappa shape index (κ3) is 5.12. The topological polar surface area (TPSA) is 69.6 Å². The zero-order valence-corrected chi connectivity index (χ0v) is 16.7. The van der Waals surface area contributed by atoms with Crippen LogP contribution in [0.1, 0.15) is 41.8 Å². The molecule has 6 heteroatoms. The van der Waals surface area contributed by atoms with Gasteiger partial charge in [0.2, 0.25) is 0 Å². The number of amides is 1. The van der Waals surface area contributed by atoms with Crippen molar-refractivity contribution in [2.45, 2.75) is 40.3 Å². The zero-order valence-electron chi connectivity index (χ0n) is 16.7. The first kappa shape index (κ1) is 20.6. The molecule has 6 nitrogen and oxygen atoms in total. The van der Waals surface area contributed by atoms with E-state index in [1.807, 2.05) is 6.07 Å². The minimum absolute atomic E-state index is 0.183. The summed E-state index contributed by atoms with van der Waals surface area (Å²) in [6.45, 7) is 6.82. The van der Waals surface area contributed by atoms with Crippen LogP contribution in [0.25, 0.3) is 0 Å². The first-order chi connectivity index (χ1) is 12.9. The molecule has 1 amide bonds. The third-order valence-corrected chi connectivity index (χ3v) is 4.47. The molecule has 0 atom stereocenters. The molecule has 1 aromatic heterocycles. The molecule has 2 rings (SSSR count). The Balaban J connectivity index is 2.21. The summed E-state index contributed by atoms with van der Waals surface area (Å²) < 4.78 is 12.2. The van der Waals surface area contributed by atoms with Crippen molar-refractivity contribution in [1.29, 1.82) is 0 Å². The van der Waals surface area contributed by atoms with Crippen LogP contribution in [0, 0.1) is 12.8 Å². The van der Waals surface area contributed by atoms with Gasteiger partial charge in [-0.25, -0.2) is 0 Å². The number of benzene rings is 1. The third-order valence-electron chi connectivity index (χ3n) is 4.47. The number of nitrogens with zero attached hydrogens (tertiary/aromatic N) is 1. The minimum Gasteiger partial charge on any atom is -0.497 e. The fourth-order valence-electron chi connectivity index (χ4n) is 2.80. The maximum atomic E-state index is 12.7. The highest BCUT2D eigenvalue weighted by molar-refractivity contribution is 5.95. The number of carbonyl (C=O) groups excluding carboxylic acids is 1. The van der Waals surface area contributed by atoms with Crippen molar-refractivity contribution in [3.8, 4) is 11.5 Å². The number of nitrogens with one attached hydrogen (secondary N) is 1. The van der Waals surface area contributed by atoms with E-state index in [9.17, 15) is 9.59 Å². The smallest absolute Gasteiger partial charge is 0.263 e. The van der Waals surface area contributed by atoms with Crippen LogP contribution in [0.15, 0.2) is 35.3 Å². The van der Waals surface area contributed by atoms with E-state index in [1.165, 1.54) is 0 Å². The number of rotatable bonds is 8. The van der Waals surface area contributed by atoms with E-state index >= 15 is 0 Å². The standard InChI is InChI=1S/C21H28N2O4/c1-14(2)8-10-23-11-9-15(3)19(21(23)25)20(24)22-13-16-12-17(26-4)6-7-18(16)27-5/h6-7,9,11-12,14H,8,10,13H2,1-5H3,(H,22,24). The number of ether oxygens (including phenoxy) is 2. The Hall–Kier alpha value is -2.76. The van der Waals surface area contributed by atoms with Crippen LogP contribution < -0.4 is 20.3 Å². The van der Waals surface area contributed by atoms with Crippen LogP contribution in [0.4, 0.5) is 0 Å². The van der Waals surface area contributed by atoms with E-state index < -0.39 is 0 Å². The number of pyridine rings is 1. The zero-order chi connectivity index (χ0) is 20.0. The number of carbonyl (C=O) groups is 1. The fraction of sp³-hybridized carbons (Fsp3) is 0.429. The van der Waals surface area contributed by atoms with Crippen molar-refractivity contribution >= 4 is 5.91 Å². The molecule has 0 aliphatic rings. The van der Waals surface area contributed by atoms with Gasteiger partial charge in [0, 0.05) is 24.8 Å². The predicted octanol–water partition coefficient (Wildman–Crippen LogP) is 3.15. The molecule has 0 aliphatic carbocycles. The Morgan fingerprint density at radius 2 is 1.93 bits per heavy atom. The molecule has 0 unspecified atom stereocenters. The predicted molar refractivity (Wildman–Crippen MR) is 106 cm³/mol. The van der Waals surface area contributed by atoms with Crippen LogP contribution in [-0.2, 0) is 13.1 Å². The van der Waals surface area contributed by atoms with Gasteiger partial charge in [-0.05, 0) is 49.1 Å². The van der Waals surface area contributed by atoms with Crippen molar-refractivity contribution in [1.82, 2.24) is 9.88 Å². The van der Waals surface area contributed by atoms with Crippen LogP contribution in [0.3, 0.4) is 0 Å².